The van der Waals surface area contributed by atoms with Crippen molar-refractivity contribution in [3.05, 3.63) is 119 Å². The van der Waals surface area contributed by atoms with Crippen molar-refractivity contribution in [3.63, 3.8) is 0 Å². The Hall–Kier alpha value is -4.68. The van der Waals surface area contributed by atoms with E-state index in [2.05, 4.69) is 0 Å². The molecular formula is C35H38N2O8S2. The Morgan fingerprint density at radius 1 is 0.532 bits per heavy atom. The van der Waals surface area contributed by atoms with Crippen LogP contribution in [0.2, 0.25) is 0 Å². The van der Waals surface area contributed by atoms with E-state index in [1.807, 2.05) is 13.8 Å². The number of esters is 2. The van der Waals surface area contributed by atoms with E-state index in [0.29, 0.717) is 12.8 Å². The molecule has 0 saturated carbocycles. The van der Waals surface area contributed by atoms with Gasteiger partial charge in [0.25, 0.3) is 20.0 Å². The van der Waals surface area contributed by atoms with Crippen molar-refractivity contribution in [2.24, 2.45) is 0 Å². The lowest BCUT2D eigenvalue weighted by molar-refractivity contribution is -0.141. The molecule has 47 heavy (non-hydrogen) atoms. The number of benzene rings is 4. The van der Waals surface area contributed by atoms with Crippen molar-refractivity contribution in [2.45, 2.75) is 49.3 Å². The van der Waals surface area contributed by atoms with Gasteiger partial charge in [-0.15, -0.1) is 0 Å². The fourth-order valence-electron chi connectivity index (χ4n) is 4.74. The summed E-state index contributed by atoms with van der Waals surface area (Å²) in [4.78, 5) is 23.3. The van der Waals surface area contributed by atoms with Gasteiger partial charge in [-0.3, -0.25) is 9.59 Å². The monoisotopic (exact) mass is 678 g/mol. The summed E-state index contributed by atoms with van der Waals surface area (Å²) in [5.41, 5.74) is 3.73. The van der Waals surface area contributed by atoms with E-state index in [1.165, 1.54) is 38.5 Å². The first-order valence-corrected chi connectivity index (χ1v) is 17.7. The third-order valence-corrected chi connectivity index (χ3v) is 11.2. The Balaban J connectivity index is 1.81. The van der Waals surface area contributed by atoms with E-state index >= 15 is 0 Å². The number of aryl methyl sites for hydroxylation is 4. The van der Waals surface area contributed by atoms with E-state index in [-0.39, 0.29) is 45.9 Å². The van der Waals surface area contributed by atoms with E-state index in [1.54, 1.807) is 72.8 Å². The zero-order valence-electron chi connectivity index (χ0n) is 26.8. The van der Waals surface area contributed by atoms with Gasteiger partial charge in [-0.05, 0) is 86.3 Å². The maximum Gasteiger partial charge on any atom is 0.305 e. The molecule has 0 unspecified atom stereocenters. The van der Waals surface area contributed by atoms with E-state index in [0.717, 1.165) is 30.9 Å². The molecule has 0 fully saturated rings. The maximum atomic E-state index is 14.3. The molecule has 12 heteroatoms. The molecule has 10 nitrogen and oxygen atoms in total. The van der Waals surface area contributed by atoms with Crippen molar-refractivity contribution in [1.82, 2.24) is 0 Å². The smallest absolute Gasteiger partial charge is 0.305 e. The summed E-state index contributed by atoms with van der Waals surface area (Å²) in [6.07, 6.45) is 1.07. The number of carbonyl (C=O) groups excluding carboxylic acids is 2. The van der Waals surface area contributed by atoms with Crippen LogP contribution in [0, 0.1) is 13.8 Å². The molecule has 0 spiro atoms. The van der Waals surface area contributed by atoms with Gasteiger partial charge in [0, 0.05) is 12.8 Å². The van der Waals surface area contributed by atoms with Gasteiger partial charge in [0.05, 0.1) is 35.4 Å². The molecule has 4 aromatic carbocycles. The van der Waals surface area contributed by atoms with Gasteiger partial charge < -0.3 is 9.47 Å². The third-order valence-electron chi connectivity index (χ3n) is 7.61. The summed E-state index contributed by atoms with van der Waals surface area (Å²) >= 11 is 0. The van der Waals surface area contributed by atoms with Gasteiger partial charge in [0.2, 0.25) is 0 Å². The SMILES string of the molecule is COC(=O)CCc1ccc(N(CN(c2ccc(CCC(=O)OC)cc2)S(=O)(=O)c2ccc(C)cc2)S(=O)(=O)c2ccc(C)cc2)cc1. The van der Waals surface area contributed by atoms with Crippen LogP contribution in [-0.2, 0) is 52.0 Å². The van der Waals surface area contributed by atoms with Crippen LogP contribution in [0.25, 0.3) is 0 Å². The predicted molar refractivity (Wildman–Crippen MR) is 180 cm³/mol. The molecule has 4 aromatic rings. The molecule has 0 atom stereocenters. The zero-order valence-corrected chi connectivity index (χ0v) is 28.4. The van der Waals surface area contributed by atoms with Crippen LogP contribution < -0.4 is 8.61 Å². The second kappa shape index (κ2) is 15.3. The van der Waals surface area contributed by atoms with Crippen molar-refractivity contribution in [2.75, 3.05) is 29.5 Å². The zero-order chi connectivity index (χ0) is 34.2. The molecule has 0 amide bonds. The first-order chi connectivity index (χ1) is 22.3. The minimum Gasteiger partial charge on any atom is -0.469 e. The Kier molecular flexibility index (Phi) is 11.4. The summed E-state index contributed by atoms with van der Waals surface area (Å²) < 4.78 is 68.7. The number of hydrogen-bond acceptors (Lipinski definition) is 8. The van der Waals surface area contributed by atoms with Crippen LogP contribution in [0.1, 0.15) is 35.1 Å². The van der Waals surface area contributed by atoms with Gasteiger partial charge in [0.1, 0.15) is 6.67 Å². The third kappa shape index (κ3) is 8.78. The van der Waals surface area contributed by atoms with Crippen LogP contribution in [0.15, 0.2) is 107 Å². The molecule has 0 radical (unpaired) electrons. The van der Waals surface area contributed by atoms with E-state index in [4.69, 9.17) is 9.47 Å². The van der Waals surface area contributed by atoms with Gasteiger partial charge in [-0.2, -0.15) is 0 Å². The standard InChI is InChI=1S/C35H38N2O8S2/c1-26-5-19-32(20-6-26)46(40,41)36(30-15-9-28(10-16-30)13-23-34(38)44-3)25-37(47(42,43)33-21-7-27(2)8-22-33)31-17-11-29(12-18-31)14-24-35(39)45-4/h5-12,15-22H,13-14,23-25H2,1-4H3. The Morgan fingerprint density at radius 3 is 1.15 bits per heavy atom. The molecule has 0 bridgehead atoms. The molecule has 0 aliphatic carbocycles. The number of methoxy groups -OCH3 is 2. The lowest BCUT2D eigenvalue weighted by atomic mass is 10.1. The molecule has 0 aliphatic heterocycles. The number of carbonyl (C=O) groups is 2. The molecule has 0 aliphatic rings. The highest BCUT2D eigenvalue weighted by Gasteiger charge is 2.33. The molecule has 0 saturated heterocycles. The largest absolute Gasteiger partial charge is 0.469 e. The minimum absolute atomic E-state index is 0.0105. The summed E-state index contributed by atoms with van der Waals surface area (Å²) in [7, 11) is -5.96. The number of ether oxygens (including phenoxy) is 2. The molecule has 0 heterocycles. The van der Waals surface area contributed by atoms with Gasteiger partial charge in [0.15, 0.2) is 0 Å². The van der Waals surface area contributed by atoms with Crippen LogP contribution in [-0.4, -0.2) is 49.7 Å². The molecular weight excluding hydrogens is 641 g/mol. The maximum absolute atomic E-state index is 14.3. The van der Waals surface area contributed by atoms with Crippen molar-refractivity contribution >= 4 is 43.4 Å². The Labute approximate surface area is 276 Å². The number of anilines is 2. The van der Waals surface area contributed by atoms with E-state index < -0.39 is 26.7 Å². The van der Waals surface area contributed by atoms with Crippen LogP contribution in [0.5, 0.6) is 0 Å². The highest BCUT2D eigenvalue weighted by Crippen LogP contribution is 2.31. The second-order valence-corrected chi connectivity index (χ2v) is 14.7. The van der Waals surface area contributed by atoms with Gasteiger partial charge in [-0.25, -0.2) is 25.4 Å². The average molecular weight is 679 g/mol. The van der Waals surface area contributed by atoms with Gasteiger partial charge in [-0.1, -0.05) is 59.7 Å². The topological polar surface area (TPSA) is 127 Å². The Bertz CT molecular complexity index is 1750. The van der Waals surface area contributed by atoms with Crippen molar-refractivity contribution in [3.8, 4) is 0 Å². The fourth-order valence-corrected chi connectivity index (χ4v) is 7.61. The quantitative estimate of drug-likeness (QED) is 0.125. The normalized spacial score (nSPS) is 11.5. The van der Waals surface area contributed by atoms with Crippen molar-refractivity contribution in [1.29, 1.82) is 0 Å². The predicted octanol–water partition coefficient (Wildman–Crippen LogP) is 5.56. The molecule has 248 valence electrons. The molecule has 0 N–H and O–H groups in total. The highest BCUT2D eigenvalue weighted by atomic mass is 32.2. The first kappa shape index (κ1) is 35.2. The second-order valence-electron chi connectivity index (χ2n) is 11.0. The highest BCUT2D eigenvalue weighted by molar-refractivity contribution is 7.94. The van der Waals surface area contributed by atoms with E-state index in [9.17, 15) is 26.4 Å². The van der Waals surface area contributed by atoms with Crippen LogP contribution >= 0.6 is 0 Å². The van der Waals surface area contributed by atoms with Crippen LogP contribution in [0.4, 0.5) is 11.4 Å². The van der Waals surface area contributed by atoms with Crippen LogP contribution in [0.3, 0.4) is 0 Å². The number of rotatable bonds is 14. The first-order valence-electron chi connectivity index (χ1n) is 14.9. The average Bonchev–Trinajstić information content (AvgIpc) is 3.07. The Morgan fingerprint density at radius 2 is 0.851 bits per heavy atom. The molecule has 4 rings (SSSR count). The summed E-state index contributed by atoms with van der Waals surface area (Å²) in [6.45, 7) is 3.09. The number of hydrogen-bond donors (Lipinski definition) is 0. The number of sulfonamides is 2. The fraction of sp³-hybridized carbons (Fsp3) is 0.257. The summed E-state index contributed by atoms with van der Waals surface area (Å²) in [6, 6.07) is 25.8. The lowest BCUT2D eigenvalue weighted by Crippen LogP contribution is -2.44. The van der Waals surface area contributed by atoms with Gasteiger partial charge >= 0.3 is 11.9 Å². The molecule has 0 aromatic heterocycles. The summed E-state index contributed by atoms with van der Waals surface area (Å²) in [5, 5.41) is 0. The van der Waals surface area contributed by atoms with Crippen molar-refractivity contribution < 1.29 is 35.9 Å². The lowest BCUT2D eigenvalue weighted by Gasteiger charge is -2.32. The minimum atomic E-state index is -4.29. The summed E-state index contributed by atoms with van der Waals surface area (Å²) in [5.74, 6) is -0.739. The number of nitrogens with zero attached hydrogens (tertiary/aromatic N) is 2.